The molecule has 0 saturated carbocycles. The van der Waals surface area contributed by atoms with E-state index in [-0.39, 0.29) is 29.4 Å². The number of benzene rings is 2. The van der Waals surface area contributed by atoms with Gasteiger partial charge in [0.25, 0.3) is 0 Å². The van der Waals surface area contributed by atoms with Crippen LogP contribution in [0.25, 0.3) is 11.3 Å². The number of hydrogen-bond donors (Lipinski definition) is 1. The van der Waals surface area contributed by atoms with Crippen LogP contribution in [0.3, 0.4) is 0 Å². The number of hydrazone groups is 1. The van der Waals surface area contributed by atoms with E-state index in [2.05, 4.69) is 10.5 Å². The highest BCUT2D eigenvalue weighted by Gasteiger charge is 2.30. The van der Waals surface area contributed by atoms with Gasteiger partial charge in [-0.15, -0.1) is 0 Å². The van der Waals surface area contributed by atoms with Gasteiger partial charge >= 0.3 is 6.18 Å². The van der Waals surface area contributed by atoms with Crippen molar-refractivity contribution in [3.8, 4) is 22.8 Å². The highest BCUT2D eigenvalue weighted by atomic mass is 19.4. The first-order chi connectivity index (χ1) is 14.8. The maximum atomic E-state index is 12.9. The molecular formula is C22H19F3N2O4. The summed E-state index contributed by atoms with van der Waals surface area (Å²) < 4.78 is 54.4. The predicted octanol–water partition coefficient (Wildman–Crippen LogP) is 4.68. The Morgan fingerprint density at radius 3 is 2.55 bits per heavy atom. The maximum absolute atomic E-state index is 12.9. The van der Waals surface area contributed by atoms with E-state index in [4.69, 9.17) is 13.9 Å². The number of alkyl halides is 3. The van der Waals surface area contributed by atoms with E-state index in [1.54, 1.807) is 24.3 Å². The van der Waals surface area contributed by atoms with Crippen molar-refractivity contribution in [3.05, 3.63) is 71.5 Å². The van der Waals surface area contributed by atoms with Crippen LogP contribution in [0, 0.1) is 0 Å². The Labute approximate surface area is 176 Å². The molecule has 1 amide bonds. The fourth-order valence-electron chi connectivity index (χ4n) is 2.81. The summed E-state index contributed by atoms with van der Waals surface area (Å²) in [7, 11) is 3.02. The largest absolute Gasteiger partial charge is 0.493 e. The molecule has 0 aliphatic heterocycles. The van der Waals surface area contributed by atoms with Gasteiger partial charge in [-0.25, -0.2) is 5.43 Å². The second-order valence-corrected chi connectivity index (χ2v) is 6.44. The van der Waals surface area contributed by atoms with Crippen molar-refractivity contribution in [1.82, 2.24) is 5.43 Å². The third kappa shape index (κ3) is 5.65. The molecule has 0 spiro atoms. The van der Waals surface area contributed by atoms with Crippen molar-refractivity contribution < 1.29 is 31.9 Å². The summed E-state index contributed by atoms with van der Waals surface area (Å²) in [5.41, 5.74) is 2.60. The molecule has 0 unspecified atom stereocenters. The summed E-state index contributed by atoms with van der Waals surface area (Å²) in [5.74, 6) is 1.23. The van der Waals surface area contributed by atoms with E-state index >= 15 is 0 Å². The minimum Gasteiger partial charge on any atom is -0.493 e. The fraction of sp³-hybridized carbons (Fsp3) is 0.182. The normalized spacial score (nSPS) is 11.5. The second kappa shape index (κ2) is 9.38. The zero-order valence-corrected chi connectivity index (χ0v) is 16.7. The summed E-state index contributed by atoms with van der Waals surface area (Å²) in [5, 5.41) is 3.82. The topological polar surface area (TPSA) is 73.1 Å². The van der Waals surface area contributed by atoms with Crippen LogP contribution in [-0.4, -0.2) is 26.3 Å². The van der Waals surface area contributed by atoms with E-state index in [0.29, 0.717) is 17.1 Å². The number of ether oxygens (including phenoxy) is 2. The van der Waals surface area contributed by atoms with Gasteiger partial charge < -0.3 is 13.9 Å². The Kier molecular flexibility index (Phi) is 6.64. The Bertz CT molecular complexity index is 1090. The summed E-state index contributed by atoms with van der Waals surface area (Å²) >= 11 is 0. The van der Waals surface area contributed by atoms with Crippen LogP contribution in [-0.2, 0) is 17.4 Å². The summed E-state index contributed by atoms with van der Waals surface area (Å²) in [4.78, 5) is 12.1. The van der Waals surface area contributed by atoms with Gasteiger partial charge in [-0.1, -0.05) is 18.2 Å². The predicted molar refractivity (Wildman–Crippen MR) is 108 cm³/mol. The molecule has 3 aromatic rings. The second-order valence-electron chi connectivity index (χ2n) is 6.44. The van der Waals surface area contributed by atoms with Gasteiger partial charge in [0.05, 0.1) is 32.4 Å². The summed E-state index contributed by atoms with van der Waals surface area (Å²) in [6.45, 7) is 0. The smallest absolute Gasteiger partial charge is 0.416 e. The average molecular weight is 432 g/mol. The molecule has 1 N–H and O–H groups in total. The first-order valence-corrected chi connectivity index (χ1v) is 9.10. The monoisotopic (exact) mass is 432 g/mol. The first-order valence-electron chi connectivity index (χ1n) is 9.10. The Morgan fingerprint density at radius 2 is 1.84 bits per heavy atom. The number of carbonyl (C=O) groups is 1. The van der Waals surface area contributed by atoms with Gasteiger partial charge in [-0.05, 0) is 42.0 Å². The maximum Gasteiger partial charge on any atom is 0.416 e. The van der Waals surface area contributed by atoms with E-state index in [9.17, 15) is 18.0 Å². The van der Waals surface area contributed by atoms with E-state index < -0.39 is 11.7 Å². The van der Waals surface area contributed by atoms with Gasteiger partial charge in [0.15, 0.2) is 11.5 Å². The quantitative estimate of drug-likeness (QED) is 0.435. The van der Waals surface area contributed by atoms with Crippen molar-refractivity contribution in [2.45, 2.75) is 12.6 Å². The molecule has 0 atom stereocenters. The minimum atomic E-state index is -4.44. The van der Waals surface area contributed by atoms with E-state index in [1.165, 1.54) is 38.6 Å². The number of carbonyl (C=O) groups excluding carboxylic acids is 1. The van der Waals surface area contributed by atoms with Crippen molar-refractivity contribution in [3.63, 3.8) is 0 Å². The highest BCUT2D eigenvalue weighted by molar-refractivity contribution is 5.82. The molecule has 0 aliphatic carbocycles. The molecule has 0 saturated heterocycles. The summed E-state index contributed by atoms with van der Waals surface area (Å²) in [6.07, 6.45) is -3.11. The van der Waals surface area contributed by atoms with Crippen LogP contribution in [0.4, 0.5) is 13.2 Å². The van der Waals surface area contributed by atoms with Crippen molar-refractivity contribution >= 4 is 12.1 Å². The molecule has 0 fully saturated rings. The Hall–Kier alpha value is -3.75. The number of rotatable bonds is 7. The lowest BCUT2D eigenvalue weighted by Gasteiger charge is -2.09. The van der Waals surface area contributed by atoms with Gasteiger partial charge in [-0.3, -0.25) is 4.79 Å². The third-order valence-corrected chi connectivity index (χ3v) is 4.29. The van der Waals surface area contributed by atoms with Gasteiger partial charge in [0, 0.05) is 5.56 Å². The number of furan rings is 1. The van der Waals surface area contributed by atoms with Crippen LogP contribution >= 0.6 is 0 Å². The molecule has 1 aromatic heterocycles. The van der Waals surface area contributed by atoms with E-state index in [0.717, 1.165) is 12.1 Å². The van der Waals surface area contributed by atoms with Crippen LogP contribution < -0.4 is 14.9 Å². The average Bonchev–Trinajstić information content (AvgIpc) is 3.22. The summed E-state index contributed by atoms with van der Waals surface area (Å²) in [6, 6.07) is 13.0. The third-order valence-electron chi connectivity index (χ3n) is 4.29. The molecular weight excluding hydrogens is 413 g/mol. The van der Waals surface area contributed by atoms with Crippen LogP contribution in [0.5, 0.6) is 11.5 Å². The molecule has 162 valence electrons. The Morgan fingerprint density at radius 1 is 1.06 bits per heavy atom. The number of hydrogen-bond acceptors (Lipinski definition) is 5. The lowest BCUT2D eigenvalue weighted by molar-refractivity contribution is -0.137. The molecule has 1 heterocycles. The SMILES string of the molecule is COc1ccc(CC(=O)NN=Cc2ccc(-c3cccc(C(F)(F)F)c3)o2)cc1OC. The first kappa shape index (κ1) is 21.9. The number of methoxy groups -OCH3 is 2. The Balaban J connectivity index is 1.61. The molecule has 2 aromatic carbocycles. The molecule has 0 bridgehead atoms. The van der Waals surface area contributed by atoms with Crippen LogP contribution in [0.15, 0.2) is 64.1 Å². The zero-order valence-electron chi connectivity index (χ0n) is 16.7. The van der Waals surface area contributed by atoms with Crippen molar-refractivity contribution in [2.24, 2.45) is 5.10 Å². The van der Waals surface area contributed by atoms with Gasteiger partial charge in [-0.2, -0.15) is 18.3 Å². The van der Waals surface area contributed by atoms with Crippen molar-refractivity contribution in [1.29, 1.82) is 0 Å². The molecule has 0 aliphatic rings. The lowest BCUT2D eigenvalue weighted by atomic mass is 10.1. The number of nitrogens with zero attached hydrogens (tertiary/aromatic N) is 1. The zero-order chi connectivity index (χ0) is 22.4. The number of amides is 1. The standard InChI is InChI=1S/C22H19F3N2O4/c1-29-19-8-6-14(10-20(19)30-2)11-21(28)27-26-13-17-7-9-18(31-17)15-4-3-5-16(12-15)22(23,24)25/h3-10,12-13H,11H2,1-2H3,(H,27,28). The van der Waals surface area contributed by atoms with Crippen LogP contribution in [0.2, 0.25) is 0 Å². The van der Waals surface area contributed by atoms with Crippen LogP contribution in [0.1, 0.15) is 16.9 Å². The molecule has 3 rings (SSSR count). The highest BCUT2D eigenvalue weighted by Crippen LogP contribution is 2.32. The number of nitrogens with one attached hydrogen (secondary N) is 1. The molecule has 9 heteroatoms. The number of halogens is 3. The van der Waals surface area contributed by atoms with Gasteiger partial charge in [0.1, 0.15) is 11.5 Å². The molecule has 0 radical (unpaired) electrons. The molecule has 6 nitrogen and oxygen atoms in total. The van der Waals surface area contributed by atoms with Crippen molar-refractivity contribution in [2.75, 3.05) is 14.2 Å². The fourth-order valence-corrected chi connectivity index (χ4v) is 2.81. The minimum absolute atomic E-state index is 0.0608. The van der Waals surface area contributed by atoms with E-state index in [1.807, 2.05) is 0 Å². The lowest BCUT2D eigenvalue weighted by Crippen LogP contribution is -2.19. The molecule has 31 heavy (non-hydrogen) atoms. The van der Waals surface area contributed by atoms with Gasteiger partial charge in [0.2, 0.25) is 5.91 Å².